The van der Waals surface area contributed by atoms with Crippen LogP contribution in [0.25, 0.3) is 0 Å². The van der Waals surface area contributed by atoms with E-state index in [1.54, 1.807) is 6.33 Å². The fourth-order valence-electron chi connectivity index (χ4n) is 2.22. The number of rotatable bonds is 7. The minimum absolute atomic E-state index is 0.651. The molecule has 21 heavy (non-hydrogen) atoms. The van der Waals surface area contributed by atoms with Gasteiger partial charge in [0.05, 0.1) is 5.69 Å². The lowest BCUT2D eigenvalue weighted by Crippen LogP contribution is -2.11. The predicted molar refractivity (Wildman–Crippen MR) is 83.5 cm³/mol. The van der Waals surface area contributed by atoms with Crippen molar-refractivity contribution < 1.29 is 4.52 Å². The number of hydrogen-bond acceptors (Lipinski definition) is 6. The minimum atomic E-state index is 0.651. The highest BCUT2D eigenvalue weighted by molar-refractivity contribution is 5.57. The van der Waals surface area contributed by atoms with Crippen molar-refractivity contribution >= 4 is 11.6 Å². The molecule has 0 aliphatic heterocycles. The van der Waals surface area contributed by atoms with Gasteiger partial charge in [-0.1, -0.05) is 19.0 Å². The van der Waals surface area contributed by atoms with E-state index in [0.717, 1.165) is 53.6 Å². The normalized spacial score (nSPS) is 10.7. The Morgan fingerprint density at radius 1 is 1.05 bits per heavy atom. The Morgan fingerprint density at radius 3 is 2.33 bits per heavy atom. The Hall–Kier alpha value is -2.11. The van der Waals surface area contributed by atoms with E-state index < -0.39 is 0 Å². The zero-order valence-corrected chi connectivity index (χ0v) is 13.2. The second-order valence-electron chi connectivity index (χ2n) is 4.99. The van der Waals surface area contributed by atoms with Gasteiger partial charge in [0.1, 0.15) is 23.7 Å². The van der Waals surface area contributed by atoms with E-state index in [1.165, 1.54) is 0 Å². The van der Waals surface area contributed by atoms with Crippen molar-refractivity contribution in [3.8, 4) is 0 Å². The van der Waals surface area contributed by atoms with Crippen molar-refractivity contribution in [3.05, 3.63) is 28.9 Å². The zero-order chi connectivity index (χ0) is 15.2. The van der Waals surface area contributed by atoms with Crippen LogP contribution in [0.2, 0.25) is 0 Å². The van der Waals surface area contributed by atoms with E-state index >= 15 is 0 Å². The summed E-state index contributed by atoms with van der Waals surface area (Å²) in [6, 6.07) is 0. The third kappa shape index (κ3) is 3.51. The molecule has 2 aromatic heterocycles. The lowest BCUT2D eigenvalue weighted by molar-refractivity contribution is 0.392. The lowest BCUT2D eigenvalue weighted by atomic mass is 10.2. The molecule has 2 heterocycles. The van der Waals surface area contributed by atoms with Crippen LogP contribution >= 0.6 is 0 Å². The first-order valence-electron chi connectivity index (χ1n) is 7.40. The summed E-state index contributed by atoms with van der Waals surface area (Å²) in [5.41, 5.74) is 3.10. The number of aryl methyl sites for hydroxylation is 2. The van der Waals surface area contributed by atoms with Crippen LogP contribution in [-0.2, 0) is 13.0 Å². The van der Waals surface area contributed by atoms with Gasteiger partial charge in [-0.3, -0.25) is 0 Å². The van der Waals surface area contributed by atoms with Crippen molar-refractivity contribution in [1.29, 1.82) is 0 Å². The Labute approximate surface area is 125 Å². The molecule has 0 saturated heterocycles. The number of hydrogen-bond donors (Lipinski definition) is 2. The van der Waals surface area contributed by atoms with E-state index in [9.17, 15) is 0 Å². The summed E-state index contributed by atoms with van der Waals surface area (Å²) in [5.74, 6) is 2.62. The van der Waals surface area contributed by atoms with Gasteiger partial charge in [-0.15, -0.1) is 0 Å². The molecule has 114 valence electrons. The monoisotopic (exact) mass is 289 g/mol. The molecule has 0 unspecified atom stereocenters. The maximum Gasteiger partial charge on any atom is 0.138 e. The van der Waals surface area contributed by atoms with Crippen molar-refractivity contribution in [2.45, 2.75) is 47.1 Å². The highest BCUT2D eigenvalue weighted by Gasteiger charge is 2.12. The Balaban J connectivity index is 2.16. The Kier molecular flexibility index (Phi) is 5.14. The second kappa shape index (κ2) is 7.06. The summed E-state index contributed by atoms with van der Waals surface area (Å²) in [6.07, 6.45) is 3.53. The quantitative estimate of drug-likeness (QED) is 0.815. The highest BCUT2D eigenvalue weighted by atomic mass is 16.5. The van der Waals surface area contributed by atoms with Crippen LogP contribution in [0.3, 0.4) is 0 Å². The molecule has 6 nitrogen and oxygen atoms in total. The maximum absolute atomic E-state index is 5.18. The van der Waals surface area contributed by atoms with Crippen LogP contribution in [0.4, 0.5) is 11.6 Å². The van der Waals surface area contributed by atoms with Crippen molar-refractivity contribution in [2.24, 2.45) is 0 Å². The summed E-state index contributed by atoms with van der Waals surface area (Å²) in [7, 11) is 0. The second-order valence-corrected chi connectivity index (χ2v) is 4.99. The molecule has 0 fully saturated rings. The molecule has 0 aliphatic carbocycles. The molecule has 2 N–H and O–H groups in total. The first-order valence-corrected chi connectivity index (χ1v) is 7.40. The number of anilines is 2. The fourth-order valence-corrected chi connectivity index (χ4v) is 2.22. The summed E-state index contributed by atoms with van der Waals surface area (Å²) >= 11 is 0. The topological polar surface area (TPSA) is 75.9 Å². The molecule has 2 rings (SSSR count). The van der Waals surface area contributed by atoms with Crippen molar-refractivity contribution in [3.63, 3.8) is 0 Å². The molecular weight excluding hydrogens is 266 g/mol. The third-order valence-corrected chi connectivity index (χ3v) is 3.46. The molecule has 0 atom stereocenters. The summed E-state index contributed by atoms with van der Waals surface area (Å²) in [4.78, 5) is 8.70. The van der Waals surface area contributed by atoms with Crippen LogP contribution < -0.4 is 10.6 Å². The molecule has 2 aromatic rings. The van der Waals surface area contributed by atoms with Gasteiger partial charge in [0.2, 0.25) is 0 Å². The van der Waals surface area contributed by atoms with E-state index in [0.29, 0.717) is 6.54 Å². The highest BCUT2D eigenvalue weighted by Crippen LogP contribution is 2.22. The van der Waals surface area contributed by atoms with Gasteiger partial charge in [0.25, 0.3) is 0 Å². The molecular formula is C15H23N5O. The van der Waals surface area contributed by atoms with Crippen molar-refractivity contribution in [1.82, 2.24) is 15.1 Å². The van der Waals surface area contributed by atoms with Gasteiger partial charge in [0, 0.05) is 24.2 Å². The minimum Gasteiger partial charge on any atom is -0.370 e. The first-order chi connectivity index (χ1) is 10.2. The lowest BCUT2D eigenvalue weighted by Gasteiger charge is -2.14. The van der Waals surface area contributed by atoms with Gasteiger partial charge in [-0.25, -0.2) is 9.97 Å². The van der Waals surface area contributed by atoms with Crippen molar-refractivity contribution in [2.75, 3.05) is 17.2 Å². The number of aromatic nitrogens is 3. The average molecular weight is 289 g/mol. The van der Waals surface area contributed by atoms with Crippen LogP contribution in [0.1, 0.15) is 42.8 Å². The van der Waals surface area contributed by atoms with Crippen LogP contribution in [-0.4, -0.2) is 21.7 Å². The summed E-state index contributed by atoms with van der Waals surface area (Å²) < 4.78 is 5.18. The summed E-state index contributed by atoms with van der Waals surface area (Å²) in [6.45, 7) is 9.67. The maximum atomic E-state index is 5.18. The summed E-state index contributed by atoms with van der Waals surface area (Å²) in [5, 5.41) is 10.7. The van der Waals surface area contributed by atoms with Gasteiger partial charge in [-0.05, 0) is 26.7 Å². The number of nitrogens with one attached hydrogen (secondary N) is 2. The predicted octanol–water partition coefficient (Wildman–Crippen LogP) is 3.08. The Bertz CT molecular complexity index is 574. The third-order valence-electron chi connectivity index (χ3n) is 3.46. The molecule has 0 radical (unpaired) electrons. The Morgan fingerprint density at radius 2 is 1.76 bits per heavy atom. The molecule has 0 spiro atoms. The van der Waals surface area contributed by atoms with Gasteiger partial charge >= 0.3 is 0 Å². The largest absolute Gasteiger partial charge is 0.370 e. The first kappa shape index (κ1) is 15.3. The van der Waals surface area contributed by atoms with Crippen LogP contribution in [0, 0.1) is 13.8 Å². The number of nitrogens with zero attached hydrogens (tertiary/aromatic N) is 3. The van der Waals surface area contributed by atoms with E-state index in [1.807, 2.05) is 13.8 Å². The van der Waals surface area contributed by atoms with Gasteiger partial charge in [0.15, 0.2) is 0 Å². The van der Waals surface area contributed by atoms with Gasteiger partial charge < -0.3 is 15.2 Å². The molecule has 0 amide bonds. The average Bonchev–Trinajstić information content (AvgIpc) is 2.81. The van der Waals surface area contributed by atoms with E-state index in [-0.39, 0.29) is 0 Å². The van der Waals surface area contributed by atoms with Crippen LogP contribution in [0.5, 0.6) is 0 Å². The fraction of sp³-hybridized carbons (Fsp3) is 0.533. The SMILES string of the molecule is CCCNc1ncnc(NCc2c(C)noc2C)c1CC. The molecule has 0 bridgehead atoms. The van der Waals surface area contributed by atoms with E-state index in [4.69, 9.17) is 4.52 Å². The molecule has 0 aliphatic rings. The van der Waals surface area contributed by atoms with Gasteiger partial charge in [-0.2, -0.15) is 0 Å². The molecule has 6 heteroatoms. The van der Waals surface area contributed by atoms with E-state index in [2.05, 4.69) is 39.6 Å². The standard InChI is InChI=1S/C15H23N5O/c1-5-7-16-14-12(6-2)15(19-9-18-14)17-8-13-10(3)20-21-11(13)4/h9H,5-8H2,1-4H3,(H2,16,17,18,19). The smallest absolute Gasteiger partial charge is 0.138 e. The molecule has 0 aromatic carbocycles. The zero-order valence-electron chi connectivity index (χ0n) is 13.2. The van der Waals surface area contributed by atoms with Crippen LogP contribution in [0.15, 0.2) is 10.9 Å². The molecule has 0 saturated carbocycles.